The SMILES string of the molecule is CCOCCCNC(=O)C(C)Sc1nccn1-c1ccccc1C. The van der Waals surface area contributed by atoms with Crippen molar-refractivity contribution < 1.29 is 9.53 Å². The molecule has 0 bridgehead atoms. The summed E-state index contributed by atoms with van der Waals surface area (Å²) >= 11 is 1.47. The number of hydrogen-bond acceptors (Lipinski definition) is 4. The van der Waals surface area contributed by atoms with E-state index in [-0.39, 0.29) is 11.2 Å². The summed E-state index contributed by atoms with van der Waals surface area (Å²) in [4.78, 5) is 16.6. The molecule has 0 aliphatic heterocycles. The number of thioether (sulfide) groups is 1. The first-order valence-electron chi connectivity index (χ1n) is 8.25. The van der Waals surface area contributed by atoms with Gasteiger partial charge in [0.2, 0.25) is 5.91 Å². The number of aromatic nitrogens is 2. The molecule has 0 aliphatic carbocycles. The molecule has 1 aromatic carbocycles. The molecule has 2 rings (SSSR count). The lowest BCUT2D eigenvalue weighted by Gasteiger charge is -2.14. The van der Waals surface area contributed by atoms with Crippen LogP contribution in [0.15, 0.2) is 41.8 Å². The number of imidazole rings is 1. The van der Waals surface area contributed by atoms with Crippen LogP contribution in [0.5, 0.6) is 0 Å². The number of aryl methyl sites for hydroxylation is 1. The Hall–Kier alpha value is -1.79. The molecular weight excluding hydrogens is 322 g/mol. The second-order valence-corrected chi connectivity index (χ2v) is 6.78. The third-order valence-electron chi connectivity index (χ3n) is 3.60. The van der Waals surface area contributed by atoms with Gasteiger partial charge in [-0.05, 0) is 38.8 Å². The molecule has 5 nitrogen and oxygen atoms in total. The maximum absolute atomic E-state index is 12.2. The molecule has 0 spiro atoms. The number of benzene rings is 1. The van der Waals surface area contributed by atoms with E-state index in [0.29, 0.717) is 19.8 Å². The summed E-state index contributed by atoms with van der Waals surface area (Å²) in [6.07, 6.45) is 4.52. The molecule has 1 amide bonds. The van der Waals surface area contributed by atoms with Crippen molar-refractivity contribution in [3.05, 3.63) is 42.2 Å². The van der Waals surface area contributed by atoms with Crippen molar-refractivity contribution in [1.82, 2.24) is 14.9 Å². The molecule has 2 aromatic rings. The van der Waals surface area contributed by atoms with Gasteiger partial charge >= 0.3 is 0 Å². The monoisotopic (exact) mass is 347 g/mol. The Kier molecular flexibility index (Phi) is 7.34. The molecular formula is C18H25N3O2S. The van der Waals surface area contributed by atoms with Crippen molar-refractivity contribution >= 4 is 17.7 Å². The van der Waals surface area contributed by atoms with Crippen LogP contribution in [0.1, 0.15) is 25.8 Å². The number of rotatable bonds is 9. The van der Waals surface area contributed by atoms with Gasteiger partial charge in [0, 0.05) is 32.2 Å². The fraction of sp³-hybridized carbons (Fsp3) is 0.444. The molecule has 0 saturated carbocycles. The third-order valence-corrected chi connectivity index (χ3v) is 4.68. The molecule has 1 unspecified atom stereocenters. The minimum atomic E-state index is -0.206. The Labute approximate surface area is 147 Å². The molecule has 1 N–H and O–H groups in total. The summed E-state index contributed by atoms with van der Waals surface area (Å²) in [5.74, 6) is 0.0239. The van der Waals surface area contributed by atoms with E-state index in [1.165, 1.54) is 17.3 Å². The average Bonchev–Trinajstić information content (AvgIpc) is 3.02. The number of para-hydroxylation sites is 1. The van der Waals surface area contributed by atoms with Crippen molar-refractivity contribution in [2.24, 2.45) is 0 Å². The second kappa shape index (κ2) is 9.49. The van der Waals surface area contributed by atoms with Gasteiger partial charge in [-0.25, -0.2) is 4.98 Å². The summed E-state index contributed by atoms with van der Waals surface area (Å²) in [6.45, 7) is 7.96. The van der Waals surface area contributed by atoms with E-state index in [4.69, 9.17) is 4.74 Å². The van der Waals surface area contributed by atoms with Gasteiger partial charge in [-0.15, -0.1) is 0 Å². The highest BCUT2D eigenvalue weighted by Gasteiger charge is 2.17. The van der Waals surface area contributed by atoms with Crippen LogP contribution < -0.4 is 5.32 Å². The van der Waals surface area contributed by atoms with Crippen molar-refractivity contribution in [2.75, 3.05) is 19.8 Å². The molecule has 0 aliphatic rings. The van der Waals surface area contributed by atoms with Gasteiger partial charge in [-0.3, -0.25) is 9.36 Å². The van der Waals surface area contributed by atoms with Crippen molar-refractivity contribution in [1.29, 1.82) is 0 Å². The van der Waals surface area contributed by atoms with Crippen LogP contribution in [0, 0.1) is 6.92 Å². The standard InChI is InChI=1S/C18H25N3O2S/c1-4-23-13-7-10-19-17(22)15(3)24-18-20-11-12-21(18)16-9-6-5-8-14(16)2/h5-6,8-9,11-12,15H,4,7,10,13H2,1-3H3,(H,19,22). The van der Waals surface area contributed by atoms with E-state index in [1.54, 1.807) is 6.20 Å². The molecule has 0 fully saturated rings. The average molecular weight is 347 g/mol. The zero-order valence-electron chi connectivity index (χ0n) is 14.5. The first-order chi connectivity index (χ1) is 11.6. The summed E-state index contributed by atoms with van der Waals surface area (Å²) in [6, 6.07) is 8.14. The van der Waals surface area contributed by atoms with E-state index in [9.17, 15) is 4.79 Å². The first-order valence-corrected chi connectivity index (χ1v) is 9.13. The zero-order valence-corrected chi connectivity index (χ0v) is 15.3. The van der Waals surface area contributed by atoms with Gasteiger partial charge < -0.3 is 10.1 Å². The minimum absolute atomic E-state index is 0.0239. The lowest BCUT2D eigenvalue weighted by atomic mass is 10.2. The van der Waals surface area contributed by atoms with Crippen LogP contribution in [0.2, 0.25) is 0 Å². The predicted molar refractivity (Wildman–Crippen MR) is 97.7 cm³/mol. The number of carbonyl (C=O) groups is 1. The number of amides is 1. The Bertz CT molecular complexity index is 657. The van der Waals surface area contributed by atoms with E-state index in [2.05, 4.69) is 29.4 Å². The Morgan fingerprint density at radius 1 is 1.42 bits per heavy atom. The molecule has 6 heteroatoms. The zero-order chi connectivity index (χ0) is 17.4. The van der Waals surface area contributed by atoms with Crippen LogP contribution in [0.25, 0.3) is 5.69 Å². The third kappa shape index (κ3) is 5.11. The highest BCUT2D eigenvalue weighted by atomic mass is 32.2. The van der Waals surface area contributed by atoms with Crippen LogP contribution >= 0.6 is 11.8 Å². The minimum Gasteiger partial charge on any atom is -0.382 e. The lowest BCUT2D eigenvalue weighted by Crippen LogP contribution is -2.32. The normalized spacial score (nSPS) is 12.1. The van der Waals surface area contributed by atoms with Gasteiger partial charge in [0.15, 0.2) is 5.16 Å². The fourth-order valence-corrected chi connectivity index (χ4v) is 3.18. The Morgan fingerprint density at radius 2 is 2.21 bits per heavy atom. The van der Waals surface area contributed by atoms with Crippen molar-refractivity contribution in [3.63, 3.8) is 0 Å². The van der Waals surface area contributed by atoms with E-state index in [0.717, 1.165) is 17.3 Å². The van der Waals surface area contributed by atoms with Crippen molar-refractivity contribution in [3.8, 4) is 5.69 Å². The van der Waals surface area contributed by atoms with Gasteiger partial charge in [0.25, 0.3) is 0 Å². The first kappa shape index (κ1) is 18.5. The Balaban J connectivity index is 1.93. The maximum atomic E-state index is 12.2. The van der Waals surface area contributed by atoms with Crippen LogP contribution in [-0.4, -0.2) is 40.5 Å². The molecule has 1 atom stereocenters. The molecule has 0 saturated heterocycles. The topological polar surface area (TPSA) is 56.1 Å². The number of hydrogen-bond donors (Lipinski definition) is 1. The number of ether oxygens (including phenoxy) is 1. The molecule has 0 radical (unpaired) electrons. The summed E-state index contributed by atoms with van der Waals surface area (Å²) in [5.41, 5.74) is 2.26. The lowest BCUT2D eigenvalue weighted by molar-refractivity contribution is -0.120. The number of nitrogens with zero attached hydrogens (tertiary/aromatic N) is 2. The van der Waals surface area contributed by atoms with Gasteiger partial charge in [0.1, 0.15) is 0 Å². The summed E-state index contributed by atoms with van der Waals surface area (Å²) in [5, 5.41) is 3.56. The smallest absolute Gasteiger partial charge is 0.233 e. The van der Waals surface area contributed by atoms with Gasteiger partial charge in [-0.1, -0.05) is 30.0 Å². The van der Waals surface area contributed by atoms with Gasteiger partial charge in [0.05, 0.1) is 10.9 Å². The molecule has 24 heavy (non-hydrogen) atoms. The van der Waals surface area contributed by atoms with E-state index in [1.807, 2.05) is 36.7 Å². The summed E-state index contributed by atoms with van der Waals surface area (Å²) in [7, 11) is 0. The highest BCUT2D eigenvalue weighted by Crippen LogP contribution is 2.25. The molecule has 1 heterocycles. The highest BCUT2D eigenvalue weighted by molar-refractivity contribution is 8.00. The summed E-state index contributed by atoms with van der Waals surface area (Å²) < 4.78 is 7.29. The second-order valence-electron chi connectivity index (χ2n) is 5.47. The van der Waals surface area contributed by atoms with Crippen LogP contribution in [-0.2, 0) is 9.53 Å². The maximum Gasteiger partial charge on any atom is 0.233 e. The number of carbonyl (C=O) groups excluding carboxylic acids is 1. The molecule has 1 aromatic heterocycles. The largest absolute Gasteiger partial charge is 0.382 e. The Morgan fingerprint density at radius 3 is 2.96 bits per heavy atom. The fourth-order valence-electron chi connectivity index (χ4n) is 2.28. The predicted octanol–water partition coefficient (Wildman–Crippen LogP) is 3.20. The number of nitrogens with one attached hydrogen (secondary N) is 1. The van der Waals surface area contributed by atoms with Gasteiger partial charge in [-0.2, -0.15) is 0 Å². The van der Waals surface area contributed by atoms with E-state index >= 15 is 0 Å². The van der Waals surface area contributed by atoms with Crippen molar-refractivity contribution in [2.45, 2.75) is 37.6 Å². The van der Waals surface area contributed by atoms with E-state index < -0.39 is 0 Å². The molecule has 130 valence electrons. The van der Waals surface area contributed by atoms with Crippen LogP contribution in [0.4, 0.5) is 0 Å². The van der Waals surface area contributed by atoms with Crippen LogP contribution in [0.3, 0.4) is 0 Å². The quantitative estimate of drug-likeness (QED) is 0.559.